The van der Waals surface area contributed by atoms with Crippen molar-refractivity contribution in [1.82, 2.24) is 10.7 Å². The maximum Gasteiger partial charge on any atom is 0.259 e. The van der Waals surface area contributed by atoms with Crippen LogP contribution in [0.4, 0.5) is 0 Å². The van der Waals surface area contributed by atoms with Crippen LogP contribution in [0.1, 0.15) is 18.1 Å². The molecule has 0 heterocycles. The van der Waals surface area contributed by atoms with Crippen molar-refractivity contribution in [3.05, 3.63) is 58.6 Å². The normalized spacial score (nSPS) is 10.9. The van der Waals surface area contributed by atoms with Gasteiger partial charge in [0.2, 0.25) is 5.91 Å². The Morgan fingerprint density at radius 2 is 1.75 bits per heavy atom. The van der Waals surface area contributed by atoms with Gasteiger partial charge in [-0.15, -0.1) is 0 Å². The number of nitrogens with one attached hydrogen (secondary N) is 2. The van der Waals surface area contributed by atoms with Gasteiger partial charge in [0.05, 0.1) is 32.9 Å². The molecule has 0 atom stereocenters. The zero-order valence-electron chi connectivity index (χ0n) is 15.9. The fraction of sp³-hybridized carbons (Fsp3) is 0.250. The third-order valence-corrected chi connectivity index (χ3v) is 4.12. The Bertz CT molecular complexity index is 866. The molecule has 0 unspecified atom stereocenters. The lowest BCUT2D eigenvalue weighted by molar-refractivity contribution is -0.125. The molecule has 2 rings (SSSR count). The topological polar surface area (TPSA) is 89.0 Å². The summed E-state index contributed by atoms with van der Waals surface area (Å²) in [5.41, 5.74) is 4.50. The van der Waals surface area contributed by atoms with Gasteiger partial charge in [-0.25, -0.2) is 5.43 Å². The van der Waals surface area contributed by atoms with Crippen LogP contribution in [-0.4, -0.2) is 38.3 Å². The van der Waals surface area contributed by atoms with Gasteiger partial charge in [0.15, 0.2) is 0 Å². The van der Waals surface area contributed by atoms with Crippen molar-refractivity contribution < 1.29 is 19.1 Å². The van der Waals surface area contributed by atoms with Crippen molar-refractivity contribution in [2.75, 3.05) is 20.8 Å². The molecular weight excluding hydrogens is 382 g/mol. The van der Waals surface area contributed by atoms with Gasteiger partial charge in [0, 0.05) is 16.7 Å². The van der Waals surface area contributed by atoms with Gasteiger partial charge in [-0.05, 0) is 36.8 Å². The molecule has 0 aromatic heterocycles. The predicted octanol–water partition coefficient (Wildman–Crippen LogP) is 2.56. The minimum Gasteiger partial charge on any atom is -0.497 e. The molecule has 2 aromatic carbocycles. The summed E-state index contributed by atoms with van der Waals surface area (Å²) in [6.45, 7) is 1.56. The smallest absolute Gasteiger partial charge is 0.259 e. The monoisotopic (exact) mass is 403 g/mol. The summed E-state index contributed by atoms with van der Waals surface area (Å²) in [4.78, 5) is 23.9. The summed E-state index contributed by atoms with van der Waals surface area (Å²) in [6.07, 6.45) is 0.162. The Morgan fingerprint density at radius 3 is 2.39 bits per heavy atom. The molecule has 0 bridgehead atoms. The molecule has 0 aliphatic heterocycles. The Morgan fingerprint density at radius 1 is 1.04 bits per heavy atom. The van der Waals surface area contributed by atoms with E-state index in [0.29, 0.717) is 22.2 Å². The number of carbonyl (C=O) groups excluding carboxylic acids is 2. The number of hydrogen-bond acceptors (Lipinski definition) is 5. The van der Waals surface area contributed by atoms with E-state index in [4.69, 9.17) is 21.1 Å². The maximum atomic E-state index is 11.9. The molecular formula is C20H22ClN3O4. The van der Waals surface area contributed by atoms with E-state index < -0.39 is 5.91 Å². The Hall–Kier alpha value is -3.06. The first kappa shape index (κ1) is 21.2. The number of rotatable bonds is 8. The summed E-state index contributed by atoms with van der Waals surface area (Å²) in [5, 5.41) is 7.21. The van der Waals surface area contributed by atoms with Crippen LogP contribution in [0, 0.1) is 0 Å². The SMILES string of the molecule is COc1ccc(/C(C)=N/NC(=O)CNC(=O)Cc2ccc(Cl)cc2)c(OC)c1. The molecule has 0 radical (unpaired) electrons. The summed E-state index contributed by atoms with van der Waals surface area (Å²) in [5.74, 6) is 0.526. The first-order valence-corrected chi connectivity index (χ1v) is 8.87. The number of methoxy groups -OCH3 is 2. The number of amides is 2. The van der Waals surface area contributed by atoms with Crippen molar-refractivity contribution in [2.24, 2.45) is 5.10 Å². The van der Waals surface area contributed by atoms with E-state index >= 15 is 0 Å². The highest BCUT2D eigenvalue weighted by atomic mass is 35.5. The number of hydrogen-bond donors (Lipinski definition) is 2. The third kappa shape index (κ3) is 6.28. The molecule has 8 heteroatoms. The van der Waals surface area contributed by atoms with Crippen molar-refractivity contribution in [1.29, 1.82) is 0 Å². The van der Waals surface area contributed by atoms with Crippen LogP contribution in [-0.2, 0) is 16.0 Å². The fourth-order valence-corrected chi connectivity index (χ4v) is 2.50. The van der Waals surface area contributed by atoms with Gasteiger partial charge < -0.3 is 14.8 Å². The van der Waals surface area contributed by atoms with Crippen LogP contribution in [0.25, 0.3) is 0 Å². The van der Waals surface area contributed by atoms with E-state index in [9.17, 15) is 9.59 Å². The highest BCUT2D eigenvalue weighted by Gasteiger charge is 2.10. The molecule has 2 N–H and O–H groups in total. The Labute approximate surface area is 168 Å². The highest BCUT2D eigenvalue weighted by molar-refractivity contribution is 6.30. The standard InChI is InChI=1S/C20H22ClN3O4/c1-13(17-9-8-16(27-2)11-18(17)28-3)23-24-20(26)12-22-19(25)10-14-4-6-15(21)7-5-14/h4-9,11H,10,12H2,1-3H3,(H,22,25)(H,24,26)/b23-13+. The van der Waals surface area contributed by atoms with Gasteiger partial charge in [0.25, 0.3) is 5.91 Å². The number of hydrazone groups is 1. The van der Waals surface area contributed by atoms with Crippen LogP contribution in [0.5, 0.6) is 11.5 Å². The first-order chi connectivity index (χ1) is 13.4. The number of ether oxygens (including phenoxy) is 2. The minimum atomic E-state index is -0.434. The molecule has 0 aliphatic carbocycles. The lowest BCUT2D eigenvalue weighted by Crippen LogP contribution is -2.36. The van der Waals surface area contributed by atoms with Crippen molar-refractivity contribution >= 4 is 29.1 Å². The molecule has 0 saturated carbocycles. The largest absolute Gasteiger partial charge is 0.497 e. The second kappa shape index (κ2) is 10.3. The molecule has 7 nitrogen and oxygen atoms in total. The van der Waals surface area contributed by atoms with Crippen molar-refractivity contribution in [3.63, 3.8) is 0 Å². The van der Waals surface area contributed by atoms with Crippen molar-refractivity contribution in [2.45, 2.75) is 13.3 Å². The summed E-state index contributed by atoms with van der Waals surface area (Å²) in [7, 11) is 3.11. The zero-order valence-corrected chi connectivity index (χ0v) is 16.7. The van der Waals surface area contributed by atoms with E-state index in [1.165, 1.54) is 0 Å². The summed E-state index contributed by atoms with van der Waals surface area (Å²) >= 11 is 5.81. The van der Waals surface area contributed by atoms with Crippen LogP contribution in [0.2, 0.25) is 5.02 Å². The molecule has 2 aromatic rings. The van der Waals surface area contributed by atoms with Crippen LogP contribution in [0.3, 0.4) is 0 Å². The number of carbonyl (C=O) groups is 2. The molecule has 148 valence electrons. The van der Waals surface area contributed by atoms with Crippen LogP contribution < -0.4 is 20.2 Å². The van der Waals surface area contributed by atoms with Gasteiger partial charge in [-0.2, -0.15) is 5.10 Å². The predicted molar refractivity (Wildman–Crippen MR) is 108 cm³/mol. The quantitative estimate of drug-likeness (QED) is 0.523. The lowest BCUT2D eigenvalue weighted by atomic mass is 10.1. The number of nitrogens with zero attached hydrogens (tertiary/aromatic N) is 1. The van der Waals surface area contributed by atoms with E-state index in [2.05, 4.69) is 15.8 Å². The molecule has 2 amide bonds. The van der Waals surface area contributed by atoms with Gasteiger partial charge in [0.1, 0.15) is 11.5 Å². The van der Waals surface area contributed by atoms with Gasteiger partial charge in [-0.3, -0.25) is 9.59 Å². The van der Waals surface area contributed by atoms with Crippen LogP contribution in [0.15, 0.2) is 47.6 Å². The highest BCUT2D eigenvalue weighted by Crippen LogP contribution is 2.25. The number of benzene rings is 2. The second-order valence-electron chi connectivity index (χ2n) is 5.88. The summed E-state index contributed by atoms with van der Waals surface area (Å²) < 4.78 is 10.5. The van der Waals surface area contributed by atoms with E-state index in [0.717, 1.165) is 11.1 Å². The maximum absolute atomic E-state index is 11.9. The Kier molecular flexibility index (Phi) is 7.83. The Balaban J connectivity index is 1.87. The molecule has 0 fully saturated rings. The van der Waals surface area contributed by atoms with E-state index in [1.807, 2.05) is 0 Å². The van der Waals surface area contributed by atoms with E-state index in [1.54, 1.807) is 63.6 Å². The second-order valence-corrected chi connectivity index (χ2v) is 6.31. The molecule has 0 saturated heterocycles. The minimum absolute atomic E-state index is 0.162. The zero-order chi connectivity index (χ0) is 20.5. The number of halogens is 1. The van der Waals surface area contributed by atoms with Gasteiger partial charge >= 0.3 is 0 Å². The van der Waals surface area contributed by atoms with Gasteiger partial charge in [-0.1, -0.05) is 23.7 Å². The van der Waals surface area contributed by atoms with Crippen LogP contribution >= 0.6 is 11.6 Å². The van der Waals surface area contributed by atoms with E-state index in [-0.39, 0.29) is 18.9 Å². The average molecular weight is 404 g/mol. The molecule has 0 spiro atoms. The summed E-state index contributed by atoms with van der Waals surface area (Å²) in [6, 6.07) is 12.2. The molecule has 0 aliphatic rings. The molecule has 28 heavy (non-hydrogen) atoms. The third-order valence-electron chi connectivity index (χ3n) is 3.87. The first-order valence-electron chi connectivity index (χ1n) is 8.49. The lowest BCUT2D eigenvalue weighted by Gasteiger charge is -2.10. The van der Waals surface area contributed by atoms with Crippen molar-refractivity contribution in [3.8, 4) is 11.5 Å². The average Bonchev–Trinajstić information content (AvgIpc) is 2.71. The fourth-order valence-electron chi connectivity index (χ4n) is 2.37.